The molecule has 0 fully saturated rings. The summed E-state index contributed by atoms with van der Waals surface area (Å²) in [6, 6.07) is 17.3. The second kappa shape index (κ2) is 8.94. The van der Waals surface area contributed by atoms with Gasteiger partial charge in [-0.1, -0.05) is 43.7 Å². The second-order valence-corrected chi connectivity index (χ2v) is 6.24. The fourth-order valence-electron chi connectivity index (χ4n) is 2.80. The summed E-state index contributed by atoms with van der Waals surface area (Å²) in [6.45, 7) is 2.08. The summed E-state index contributed by atoms with van der Waals surface area (Å²) < 4.78 is 5.20. The highest BCUT2D eigenvalue weighted by molar-refractivity contribution is 5.91. The van der Waals surface area contributed by atoms with E-state index in [1.54, 1.807) is 13.3 Å². The summed E-state index contributed by atoms with van der Waals surface area (Å²) in [5, 5.41) is 2.91. The first kappa shape index (κ1) is 18.6. The van der Waals surface area contributed by atoms with Gasteiger partial charge in [0.05, 0.1) is 31.1 Å². The third-order valence-electron chi connectivity index (χ3n) is 4.18. The Balaban J connectivity index is 1.79. The quantitative estimate of drug-likeness (QED) is 0.682. The highest BCUT2D eigenvalue weighted by atomic mass is 16.5. The van der Waals surface area contributed by atoms with Crippen LogP contribution in [-0.2, 0) is 17.6 Å². The molecule has 1 heterocycles. The van der Waals surface area contributed by atoms with Gasteiger partial charge in [0.2, 0.25) is 5.91 Å². The maximum atomic E-state index is 12.4. The van der Waals surface area contributed by atoms with Crippen molar-refractivity contribution >= 4 is 11.7 Å². The standard InChI is InChI=1S/C22H23N3O2/c1-3-7-19-22(25-21(26)14-16-8-5-4-6-9-16)23-15-20(24-19)17-10-12-18(27-2)13-11-17/h4-6,8-13,15H,3,7,14H2,1-2H3,(H,23,25,26). The van der Waals surface area contributed by atoms with Crippen LogP contribution < -0.4 is 10.1 Å². The molecular weight excluding hydrogens is 338 g/mol. The number of aromatic nitrogens is 2. The molecule has 0 unspecified atom stereocenters. The Bertz CT molecular complexity index is 893. The minimum atomic E-state index is -0.0925. The summed E-state index contributed by atoms with van der Waals surface area (Å²) in [5.74, 6) is 1.24. The number of carbonyl (C=O) groups excluding carboxylic acids is 1. The number of hydrogen-bond acceptors (Lipinski definition) is 4. The SMILES string of the molecule is CCCc1nc(-c2ccc(OC)cc2)cnc1NC(=O)Cc1ccccc1. The minimum absolute atomic E-state index is 0.0925. The molecule has 5 heteroatoms. The van der Waals surface area contributed by atoms with Crippen LogP contribution in [0.15, 0.2) is 60.8 Å². The molecule has 0 saturated heterocycles. The third kappa shape index (κ3) is 4.91. The first-order valence-electron chi connectivity index (χ1n) is 9.03. The second-order valence-electron chi connectivity index (χ2n) is 6.24. The van der Waals surface area contributed by atoms with Gasteiger partial charge in [-0.25, -0.2) is 9.97 Å². The number of anilines is 1. The third-order valence-corrected chi connectivity index (χ3v) is 4.18. The molecular formula is C22H23N3O2. The molecule has 0 aliphatic carbocycles. The molecule has 0 spiro atoms. The number of methoxy groups -OCH3 is 1. The fraction of sp³-hybridized carbons (Fsp3) is 0.227. The minimum Gasteiger partial charge on any atom is -0.497 e. The highest BCUT2D eigenvalue weighted by Crippen LogP contribution is 2.23. The van der Waals surface area contributed by atoms with Gasteiger partial charge in [-0.05, 0) is 36.2 Å². The van der Waals surface area contributed by atoms with Crippen molar-refractivity contribution in [1.29, 1.82) is 0 Å². The number of carbonyl (C=O) groups is 1. The van der Waals surface area contributed by atoms with Crippen LogP contribution in [0.3, 0.4) is 0 Å². The molecule has 0 bridgehead atoms. The maximum Gasteiger partial charge on any atom is 0.229 e. The van der Waals surface area contributed by atoms with Gasteiger partial charge in [0.15, 0.2) is 5.82 Å². The van der Waals surface area contributed by atoms with Crippen LogP contribution >= 0.6 is 0 Å². The van der Waals surface area contributed by atoms with E-state index in [2.05, 4.69) is 17.2 Å². The Kier molecular flexibility index (Phi) is 6.15. The summed E-state index contributed by atoms with van der Waals surface area (Å²) in [7, 11) is 1.64. The lowest BCUT2D eigenvalue weighted by molar-refractivity contribution is -0.115. The van der Waals surface area contributed by atoms with Crippen LogP contribution in [0.25, 0.3) is 11.3 Å². The highest BCUT2D eigenvalue weighted by Gasteiger charge is 2.12. The topological polar surface area (TPSA) is 64.1 Å². The zero-order valence-corrected chi connectivity index (χ0v) is 15.6. The molecule has 3 aromatic rings. The Morgan fingerprint density at radius 2 is 1.81 bits per heavy atom. The maximum absolute atomic E-state index is 12.4. The van der Waals surface area contributed by atoms with Crippen molar-refractivity contribution in [2.75, 3.05) is 12.4 Å². The van der Waals surface area contributed by atoms with Gasteiger partial charge in [-0.15, -0.1) is 0 Å². The average Bonchev–Trinajstić information content (AvgIpc) is 2.70. The molecule has 3 rings (SSSR count). The van der Waals surface area contributed by atoms with Crippen LogP contribution in [0, 0.1) is 0 Å². The van der Waals surface area contributed by atoms with Gasteiger partial charge in [0.1, 0.15) is 5.75 Å². The fourth-order valence-corrected chi connectivity index (χ4v) is 2.80. The molecule has 0 aliphatic heterocycles. The molecule has 0 radical (unpaired) electrons. The van der Waals surface area contributed by atoms with E-state index in [1.165, 1.54) is 0 Å². The Morgan fingerprint density at radius 1 is 1.07 bits per heavy atom. The molecule has 1 amide bonds. The molecule has 138 valence electrons. The number of nitrogens with zero attached hydrogens (tertiary/aromatic N) is 2. The lowest BCUT2D eigenvalue weighted by Gasteiger charge is -2.11. The normalized spacial score (nSPS) is 10.4. The van der Waals surface area contributed by atoms with E-state index in [1.807, 2.05) is 54.6 Å². The first-order chi connectivity index (χ1) is 13.2. The summed E-state index contributed by atoms with van der Waals surface area (Å²) in [5.41, 5.74) is 3.51. The van der Waals surface area contributed by atoms with Crippen molar-refractivity contribution in [1.82, 2.24) is 9.97 Å². The first-order valence-corrected chi connectivity index (χ1v) is 9.03. The number of amides is 1. The van der Waals surface area contributed by atoms with Crippen LogP contribution in [0.2, 0.25) is 0 Å². The predicted molar refractivity (Wildman–Crippen MR) is 107 cm³/mol. The van der Waals surface area contributed by atoms with Gasteiger partial charge in [0, 0.05) is 5.56 Å². The number of nitrogens with one attached hydrogen (secondary N) is 1. The van der Waals surface area contributed by atoms with Gasteiger partial charge in [-0.2, -0.15) is 0 Å². The summed E-state index contributed by atoms with van der Waals surface area (Å²) in [6.07, 6.45) is 3.67. The molecule has 0 atom stereocenters. The summed E-state index contributed by atoms with van der Waals surface area (Å²) in [4.78, 5) is 21.6. The van der Waals surface area contributed by atoms with Crippen molar-refractivity contribution in [3.8, 4) is 17.0 Å². The molecule has 1 N–H and O–H groups in total. The van der Waals surface area contributed by atoms with E-state index < -0.39 is 0 Å². The van der Waals surface area contributed by atoms with E-state index in [0.29, 0.717) is 12.2 Å². The largest absolute Gasteiger partial charge is 0.497 e. The van der Waals surface area contributed by atoms with Crippen LogP contribution in [-0.4, -0.2) is 23.0 Å². The monoisotopic (exact) mass is 361 g/mol. The number of ether oxygens (including phenoxy) is 1. The number of benzene rings is 2. The predicted octanol–water partition coefficient (Wildman–Crippen LogP) is 4.29. The van der Waals surface area contributed by atoms with Crippen LogP contribution in [0.1, 0.15) is 24.6 Å². The molecule has 27 heavy (non-hydrogen) atoms. The smallest absolute Gasteiger partial charge is 0.229 e. The Morgan fingerprint density at radius 3 is 2.48 bits per heavy atom. The average molecular weight is 361 g/mol. The van der Waals surface area contributed by atoms with E-state index >= 15 is 0 Å². The molecule has 1 aromatic heterocycles. The Hall–Kier alpha value is -3.21. The van der Waals surface area contributed by atoms with Crippen molar-refractivity contribution in [3.05, 3.63) is 72.1 Å². The van der Waals surface area contributed by atoms with E-state index in [4.69, 9.17) is 9.72 Å². The zero-order valence-electron chi connectivity index (χ0n) is 15.6. The number of aryl methyl sites for hydroxylation is 1. The van der Waals surface area contributed by atoms with Gasteiger partial charge >= 0.3 is 0 Å². The van der Waals surface area contributed by atoms with Crippen molar-refractivity contribution in [3.63, 3.8) is 0 Å². The van der Waals surface area contributed by atoms with Gasteiger partial charge < -0.3 is 10.1 Å². The molecule has 2 aromatic carbocycles. The lowest BCUT2D eigenvalue weighted by Crippen LogP contribution is -2.17. The van der Waals surface area contributed by atoms with Gasteiger partial charge in [-0.3, -0.25) is 4.79 Å². The van der Waals surface area contributed by atoms with Crippen molar-refractivity contribution in [2.24, 2.45) is 0 Å². The van der Waals surface area contributed by atoms with Crippen molar-refractivity contribution < 1.29 is 9.53 Å². The van der Waals surface area contributed by atoms with E-state index in [0.717, 1.165) is 41.1 Å². The van der Waals surface area contributed by atoms with E-state index in [9.17, 15) is 4.79 Å². The zero-order chi connectivity index (χ0) is 19.1. The molecule has 0 aliphatic rings. The van der Waals surface area contributed by atoms with Crippen LogP contribution in [0.4, 0.5) is 5.82 Å². The van der Waals surface area contributed by atoms with Crippen molar-refractivity contribution in [2.45, 2.75) is 26.2 Å². The lowest BCUT2D eigenvalue weighted by atomic mass is 10.1. The van der Waals surface area contributed by atoms with Crippen LogP contribution in [0.5, 0.6) is 5.75 Å². The number of rotatable bonds is 7. The Labute approximate surface area is 159 Å². The van der Waals surface area contributed by atoms with Gasteiger partial charge in [0.25, 0.3) is 0 Å². The summed E-state index contributed by atoms with van der Waals surface area (Å²) >= 11 is 0. The molecule has 0 saturated carbocycles. The number of hydrogen-bond donors (Lipinski definition) is 1. The van der Waals surface area contributed by atoms with E-state index in [-0.39, 0.29) is 5.91 Å². The molecule has 5 nitrogen and oxygen atoms in total.